The second-order valence-electron chi connectivity index (χ2n) is 4.71. The number of likely N-dealkylation sites (N-methyl/N-ethyl adjacent to an activating group) is 1. The first kappa shape index (κ1) is 18.9. The van der Waals surface area contributed by atoms with Gasteiger partial charge in [0, 0.05) is 17.2 Å². The molecule has 0 aliphatic carbocycles. The maximum Gasteiger partial charge on any atom is 0.254 e. The highest BCUT2D eigenvalue weighted by atomic mass is 79.9. The molecule has 1 amide bonds. The maximum absolute atomic E-state index is 12.2. The van der Waals surface area contributed by atoms with Gasteiger partial charge in [0.25, 0.3) is 5.91 Å². The van der Waals surface area contributed by atoms with E-state index in [-0.39, 0.29) is 12.5 Å². The molecule has 0 radical (unpaired) electrons. The number of hydrogen-bond donors (Lipinski definition) is 0. The minimum absolute atomic E-state index is 0.0285. The molecule has 0 saturated heterocycles. The molecule has 0 aromatic carbocycles. The van der Waals surface area contributed by atoms with Gasteiger partial charge in [-0.3, -0.25) is 9.69 Å². The quantitative estimate of drug-likeness (QED) is 0.492. The molecule has 22 heavy (non-hydrogen) atoms. The average molecular weight is 388 g/mol. The Bertz CT molecular complexity index is 544. The van der Waals surface area contributed by atoms with Crippen LogP contribution in [0.15, 0.2) is 41.0 Å². The molecule has 1 rings (SSSR count). The molecule has 1 heterocycles. The number of ether oxygens (including phenoxy) is 1. The molecule has 0 spiro atoms. The molecule has 0 atom stereocenters. The lowest BCUT2D eigenvalue weighted by Crippen LogP contribution is -2.34. The van der Waals surface area contributed by atoms with Crippen LogP contribution in [0.5, 0.6) is 0 Å². The number of amides is 1. The molecular weight excluding hydrogens is 368 g/mol. The summed E-state index contributed by atoms with van der Waals surface area (Å²) >= 11 is 9.08. The van der Waals surface area contributed by atoms with E-state index >= 15 is 0 Å². The average Bonchev–Trinajstić information content (AvgIpc) is 2.45. The summed E-state index contributed by atoms with van der Waals surface area (Å²) in [5.74, 6) is 0.455. The van der Waals surface area contributed by atoms with Gasteiger partial charge in [-0.15, -0.1) is 0 Å². The van der Waals surface area contributed by atoms with Gasteiger partial charge in [-0.05, 0) is 38.5 Å². The maximum atomic E-state index is 12.2. The van der Waals surface area contributed by atoms with E-state index in [0.29, 0.717) is 24.0 Å². The first-order valence-electron chi connectivity index (χ1n) is 6.95. The third-order valence-electron chi connectivity index (χ3n) is 2.87. The Morgan fingerprint density at radius 1 is 1.55 bits per heavy atom. The van der Waals surface area contributed by atoms with Crippen molar-refractivity contribution in [3.8, 4) is 0 Å². The van der Waals surface area contributed by atoms with Gasteiger partial charge in [0.05, 0.1) is 11.6 Å². The number of nitrogens with zero attached hydrogens (tertiary/aromatic N) is 2. The van der Waals surface area contributed by atoms with Crippen molar-refractivity contribution in [2.75, 3.05) is 24.7 Å². The minimum Gasteiger partial charge on any atom is -0.371 e. The Labute approximate surface area is 144 Å². The highest BCUT2D eigenvalue weighted by Crippen LogP contribution is 2.14. The highest BCUT2D eigenvalue weighted by Gasteiger charge is 2.14. The Hall–Kier alpha value is -1.17. The third-order valence-corrected chi connectivity index (χ3v) is 3.33. The van der Waals surface area contributed by atoms with E-state index in [1.54, 1.807) is 17.0 Å². The topological polar surface area (TPSA) is 42.4 Å². The number of allylic oxidation sites excluding steroid dienone is 2. The summed E-state index contributed by atoms with van der Waals surface area (Å²) in [6.07, 6.45) is 4.21. The van der Waals surface area contributed by atoms with E-state index in [2.05, 4.69) is 27.5 Å². The van der Waals surface area contributed by atoms with E-state index in [4.69, 9.17) is 16.3 Å². The summed E-state index contributed by atoms with van der Waals surface area (Å²) in [4.78, 5) is 17.9. The molecule has 1 aromatic heterocycles. The normalized spacial score (nSPS) is 11.4. The molecule has 0 aliphatic rings. The van der Waals surface area contributed by atoms with Crippen LogP contribution in [0.4, 0.5) is 5.82 Å². The number of rotatable bonds is 8. The summed E-state index contributed by atoms with van der Waals surface area (Å²) in [7, 11) is 0. The van der Waals surface area contributed by atoms with Gasteiger partial charge in [0.2, 0.25) is 0 Å². The Morgan fingerprint density at radius 3 is 2.82 bits per heavy atom. The molecule has 4 nitrogen and oxygen atoms in total. The van der Waals surface area contributed by atoms with Gasteiger partial charge < -0.3 is 4.74 Å². The molecular formula is C16H20BrClN2O2. The van der Waals surface area contributed by atoms with E-state index in [0.717, 1.165) is 16.5 Å². The van der Waals surface area contributed by atoms with Crippen LogP contribution in [0.3, 0.4) is 0 Å². The molecule has 120 valence electrons. The number of halogens is 2. The van der Waals surface area contributed by atoms with Crippen molar-refractivity contribution in [1.82, 2.24) is 4.98 Å². The van der Waals surface area contributed by atoms with Crippen molar-refractivity contribution in [2.24, 2.45) is 0 Å². The van der Waals surface area contributed by atoms with E-state index in [9.17, 15) is 4.79 Å². The zero-order chi connectivity index (χ0) is 16.5. The van der Waals surface area contributed by atoms with Crippen molar-refractivity contribution >= 4 is 39.3 Å². The Kier molecular flexibility index (Phi) is 8.38. The Balaban J connectivity index is 2.46. The fourth-order valence-electron chi connectivity index (χ4n) is 1.80. The van der Waals surface area contributed by atoms with Crippen molar-refractivity contribution < 1.29 is 9.53 Å². The SMILES string of the molecule is C=C(Br)/C=C(\C)CCOCC(=O)N(CC)c1ccc(Cl)cn1. The lowest BCUT2D eigenvalue weighted by Gasteiger charge is -2.19. The van der Waals surface area contributed by atoms with E-state index in [1.165, 1.54) is 6.20 Å². The number of aromatic nitrogens is 1. The highest BCUT2D eigenvalue weighted by molar-refractivity contribution is 9.11. The summed E-state index contributed by atoms with van der Waals surface area (Å²) < 4.78 is 6.27. The molecule has 0 bridgehead atoms. The van der Waals surface area contributed by atoms with Gasteiger partial charge >= 0.3 is 0 Å². The smallest absolute Gasteiger partial charge is 0.254 e. The Morgan fingerprint density at radius 2 is 2.27 bits per heavy atom. The molecule has 0 unspecified atom stereocenters. The second-order valence-corrected chi connectivity index (χ2v) is 6.17. The lowest BCUT2D eigenvalue weighted by molar-refractivity contribution is -0.123. The summed E-state index contributed by atoms with van der Waals surface area (Å²) in [5.41, 5.74) is 1.14. The molecule has 0 N–H and O–H groups in total. The predicted molar refractivity (Wildman–Crippen MR) is 94.5 cm³/mol. The largest absolute Gasteiger partial charge is 0.371 e. The van der Waals surface area contributed by atoms with Gasteiger partial charge in [-0.1, -0.05) is 39.7 Å². The number of carbonyl (C=O) groups is 1. The summed E-state index contributed by atoms with van der Waals surface area (Å²) in [6, 6.07) is 3.43. The fourth-order valence-corrected chi connectivity index (χ4v) is 2.31. The number of hydrogen-bond acceptors (Lipinski definition) is 3. The molecule has 0 saturated carbocycles. The first-order valence-corrected chi connectivity index (χ1v) is 8.12. The number of pyridine rings is 1. The van der Waals surface area contributed by atoms with Crippen LogP contribution in [0.25, 0.3) is 0 Å². The van der Waals surface area contributed by atoms with Crippen LogP contribution in [-0.4, -0.2) is 30.6 Å². The van der Waals surface area contributed by atoms with E-state index in [1.807, 2.05) is 19.9 Å². The predicted octanol–water partition coefficient (Wildman–Crippen LogP) is 4.35. The molecule has 0 fully saturated rings. The molecule has 0 aliphatic heterocycles. The number of carbonyl (C=O) groups excluding carboxylic acids is 1. The monoisotopic (exact) mass is 386 g/mol. The van der Waals surface area contributed by atoms with Gasteiger partial charge in [0.1, 0.15) is 12.4 Å². The number of anilines is 1. The van der Waals surface area contributed by atoms with Gasteiger partial charge in [0.15, 0.2) is 0 Å². The first-order chi connectivity index (χ1) is 10.4. The van der Waals surface area contributed by atoms with Crippen molar-refractivity contribution in [3.63, 3.8) is 0 Å². The standard InChI is InChI=1S/C16H20BrClN2O2/c1-4-20(15-6-5-14(18)10-19-15)16(21)11-22-8-7-12(2)9-13(3)17/h5-6,9-10H,3-4,7-8,11H2,1-2H3/b12-9+. The fraction of sp³-hybridized carbons (Fsp3) is 0.375. The summed E-state index contributed by atoms with van der Waals surface area (Å²) in [6.45, 7) is 8.67. The van der Waals surface area contributed by atoms with E-state index < -0.39 is 0 Å². The zero-order valence-corrected chi connectivity index (χ0v) is 15.2. The lowest BCUT2D eigenvalue weighted by atomic mass is 10.2. The van der Waals surface area contributed by atoms with Crippen LogP contribution in [0.2, 0.25) is 5.02 Å². The third kappa shape index (κ3) is 6.73. The van der Waals surface area contributed by atoms with Gasteiger partial charge in [-0.2, -0.15) is 0 Å². The van der Waals surface area contributed by atoms with Crippen molar-refractivity contribution in [2.45, 2.75) is 20.3 Å². The second kappa shape index (κ2) is 9.77. The van der Waals surface area contributed by atoms with Crippen LogP contribution >= 0.6 is 27.5 Å². The van der Waals surface area contributed by atoms with Crippen molar-refractivity contribution in [3.05, 3.63) is 46.1 Å². The van der Waals surface area contributed by atoms with Crippen LogP contribution < -0.4 is 4.90 Å². The van der Waals surface area contributed by atoms with Gasteiger partial charge in [-0.25, -0.2) is 4.98 Å². The van der Waals surface area contributed by atoms with Crippen LogP contribution in [0.1, 0.15) is 20.3 Å². The zero-order valence-electron chi connectivity index (χ0n) is 12.8. The van der Waals surface area contributed by atoms with Crippen LogP contribution in [0, 0.1) is 0 Å². The molecule has 1 aromatic rings. The summed E-state index contributed by atoms with van der Waals surface area (Å²) in [5, 5.41) is 0.541. The molecule has 6 heteroatoms. The minimum atomic E-state index is -0.121. The van der Waals surface area contributed by atoms with Crippen molar-refractivity contribution in [1.29, 1.82) is 0 Å². The van der Waals surface area contributed by atoms with Crippen LogP contribution in [-0.2, 0) is 9.53 Å².